The van der Waals surface area contributed by atoms with Gasteiger partial charge in [0.15, 0.2) is 0 Å². The average Bonchev–Trinajstić information content (AvgIpc) is 3.38. The maximum absolute atomic E-state index is 13.1. The zero-order chi connectivity index (χ0) is 18.7. The molecule has 3 aromatic rings. The van der Waals surface area contributed by atoms with E-state index in [4.69, 9.17) is 4.52 Å². The fourth-order valence-corrected chi connectivity index (χ4v) is 3.85. The second kappa shape index (κ2) is 7.35. The second-order valence-electron chi connectivity index (χ2n) is 7.22. The van der Waals surface area contributed by atoms with Crippen LogP contribution in [0.25, 0.3) is 11.4 Å². The summed E-state index contributed by atoms with van der Waals surface area (Å²) in [5.41, 5.74) is 2.72. The molecule has 27 heavy (non-hydrogen) atoms. The Morgan fingerprint density at radius 1 is 1.07 bits per heavy atom. The van der Waals surface area contributed by atoms with Gasteiger partial charge in [-0.15, -0.1) is 0 Å². The van der Waals surface area contributed by atoms with Gasteiger partial charge in [0.2, 0.25) is 17.6 Å². The molecule has 138 valence electrons. The Bertz CT molecular complexity index is 910. The van der Waals surface area contributed by atoms with Crippen LogP contribution in [0, 0.1) is 6.92 Å². The molecule has 0 spiro atoms. The van der Waals surface area contributed by atoms with Gasteiger partial charge >= 0.3 is 0 Å². The molecule has 0 bridgehead atoms. The number of aromatic nitrogens is 2. The van der Waals surface area contributed by atoms with Crippen LogP contribution in [-0.4, -0.2) is 16.0 Å². The van der Waals surface area contributed by atoms with Crippen LogP contribution < -0.4 is 5.32 Å². The first-order valence-electron chi connectivity index (χ1n) is 9.41. The normalized spacial score (nSPS) is 15.6. The largest absolute Gasteiger partial charge is 0.346 e. The van der Waals surface area contributed by atoms with E-state index >= 15 is 0 Å². The molecular weight excluding hydrogens is 338 g/mol. The average molecular weight is 361 g/mol. The third-order valence-electron chi connectivity index (χ3n) is 5.40. The zero-order valence-corrected chi connectivity index (χ0v) is 15.4. The molecule has 1 aliphatic rings. The van der Waals surface area contributed by atoms with Gasteiger partial charge in [0.25, 0.3) is 0 Å². The van der Waals surface area contributed by atoms with Gasteiger partial charge in [-0.3, -0.25) is 4.79 Å². The molecule has 5 nitrogen and oxygen atoms in total. The van der Waals surface area contributed by atoms with Crippen molar-refractivity contribution in [1.29, 1.82) is 0 Å². The Balaban J connectivity index is 1.47. The molecule has 1 amide bonds. The van der Waals surface area contributed by atoms with Crippen molar-refractivity contribution in [1.82, 2.24) is 15.5 Å². The summed E-state index contributed by atoms with van der Waals surface area (Å²) >= 11 is 0. The van der Waals surface area contributed by atoms with Crippen LogP contribution in [0.2, 0.25) is 0 Å². The van der Waals surface area contributed by atoms with E-state index in [9.17, 15) is 4.79 Å². The van der Waals surface area contributed by atoms with E-state index in [1.54, 1.807) is 0 Å². The van der Waals surface area contributed by atoms with Gasteiger partial charge in [0.1, 0.15) is 0 Å². The molecule has 4 rings (SSSR count). The maximum atomic E-state index is 13.1. The van der Waals surface area contributed by atoms with Gasteiger partial charge in [0, 0.05) is 5.56 Å². The molecule has 0 aliphatic heterocycles. The van der Waals surface area contributed by atoms with Crippen molar-refractivity contribution < 1.29 is 9.32 Å². The first-order valence-corrected chi connectivity index (χ1v) is 9.41. The molecule has 2 aromatic carbocycles. The Morgan fingerprint density at radius 3 is 2.48 bits per heavy atom. The summed E-state index contributed by atoms with van der Waals surface area (Å²) < 4.78 is 5.33. The molecule has 0 atom stereocenters. The number of rotatable bonds is 5. The molecule has 1 aromatic heterocycles. The van der Waals surface area contributed by atoms with Gasteiger partial charge in [-0.05, 0) is 25.3 Å². The van der Waals surface area contributed by atoms with Gasteiger partial charge < -0.3 is 9.84 Å². The summed E-state index contributed by atoms with van der Waals surface area (Å²) in [5, 5.41) is 7.05. The first-order chi connectivity index (χ1) is 13.2. The van der Waals surface area contributed by atoms with Crippen LogP contribution in [0.1, 0.15) is 42.7 Å². The Hall–Kier alpha value is -2.95. The summed E-state index contributed by atoms with van der Waals surface area (Å²) in [5.74, 6) is 0.999. The van der Waals surface area contributed by atoms with Gasteiger partial charge in [-0.2, -0.15) is 4.98 Å². The van der Waals surface area contributed by atoms with E-state index < -0.39 is 5.41 Å². The lowest BCUT2D eigenvalue weighted by atomic mass is 9.78. The smallest absolute Gasteiger partial charge is 0.246 e. The summed E-state index contributed by atoms with van der Waals surface area (Å²) in [6.45, 7) is 2.28. The Kier molecular flexibility index (Phi) is 4.75. The summed E-state index contributed by atoms with van der Waals surface area (Å²) in [7, 11) is 0. The van der Waals surface area contributed by atoms with Crippen molar-refractivity contribution >= 4 is 5.91 Å². The molecule has 1 aliphatic carbocycles. The Labute approximate surface area is 158 Å². The monoisotopic (exact) mass is 361 g/mol. The number of carbonyl (C=O) groups excluding carboxylic acids is 1. The fraction of sp³-hybridized carbons (Fsp3) is 0.318. The fourth-order valence-electron chi connectivity index (χ4n) is 3.85. The minimum atomic E-state index is -0.443. The molecule has 1 N–H and O–H groups in total. The predicted octanol–water partition coefficient (Wildman–Crippen LogP) is 4.17. The Morgan fingerprint density at radius 2 is 1.78 bits per heavy atom. The molecule has 0 radical (unpaired) electrons. The van der Waals surface area contributed by atoms with E-state index in [1.807, 2.05) is 61.5 Å². The molecular formula is C22H23N3O2. The van der Waals surface area contributed by atoms with E-state index in [1.165, 1.54) is 5.56 Å². The van der Waals surface area contributed by atoms with Crippen molar-refractivity contribution in [2.75, 3.05) is 0 Å². The summed E-state index contributed by atoms with van der Waals surface area (Å²) in [6.07, 6.45) is 3.89. The molecule has 1 fully saturated rings. The zero-order valence-electron chi connectivity index (χ0n) is 15.4. The highest BCUT2D eigenvalue weighted by Gasteiger charge is 2.42. The third kappa shape index (κ3) is 3.50. The minimum absolute atomic E-state index is 0.0429. The van der Waals surface area contributed by atoms with Crippen LogP contribution in [0.15, 0.2) is 59.1 Å². The number of hydrogen-bond acceptors (Lipinski definition) is 4. The summed E-state index contributed by atoms with van der Waals surface area (Å²) in [6, 6.07) is 18.0. The van der Waals surface area contributed by atoms with Crippen LogP contribution in [0.3, 0.4) is 0 Å². The first kappa shape index (κ1) is 17.5. The lowest BCUT2D eigenvalue weighted by Gasteiger charge is -2.28. The van der Waals surface area contributed by atoms with Crippen LogP contribution >= 0.6 is 0 Å². The van der Waals surface area contributed by atoms with E-state index in [-0.39, 0.29) is 12.5 Å². The number of hydrogen-bond donors (Lipinski definition) is 1. The number of benzene rings is 2. The van der Waals surface area contributed by atoms with Crippen LogP contribution in [0.5, 0.6) is 0 Å². The highest BCUT2D eigenvalue weighted by Crippen LogP contribution is 2.41. The third-order valence-corrected chi connectivity index (χ3v) is 5.40. The van der Waals surface area contributed by atoms with Gasteiger partial charge in [-0.1, -0.05) is 78.2 Å². The number of amides is 1. The SMILES string of the molecule is Cc1ccc(-c2noc(CNC(=O)C3(c4ccccc4)CCCC3)n2)cc1. The van der Waals surface area contributed by atoms with Crippen molar-refractivity contribution in [3.8, 4) is 11.4 Å². The lowest BCUT2D eigenvalue weighted by molar-refractivity contribution is -0.127. The van der Waals surface area contributed by atoms with Crippen molar-refractivity contribution in [2.24, 2.45) is 0 Å². The topological polar surface area (TPSA) is 68.0 Å². The molecule has 0 unspecified atom stereocenters. The van der Waals surface area contributed by atoms with Gasteiger partial charge in [0.05, 0.1) is 12.0 Å². The molecule has 1 saturated carbocycles. The van der Waals surface area contributed by atoms with Crippen LogP contribution in [0.4, 0.5) is 0 Å². The van der Waals surface area contributed by atoms with E-state index in [0.717, 1.165) is 36.8 Å². The standard InChI is InChI=1S/C22H23N3O2/c1-16-9-11-17(12-10-16)20-24-19(27-25-20)15-23-21(26)22(13-5-6-14-22)18-7-3-2-4-8-18/h2-4,7-12H,5-6,13-15H2,1H3,(H,23,26). The van der Waals surface area contributed by atoms with E-state index in [2.05, 4.69) is 15.5 Å². The lowest BCUT2D eigenvalue weighted by Crippen LogP contribution is -2.42. The second-order valence-corrected chi connectivity index (χ2v) is 7.22. The highest BCUT2D eigenvalue weighted by molar-refractivity contribution is 5.88. The van der Waals surface area contributed by atoms with Crippen molar-refractivity contribution in [3.63, 3.8) is 0 Å². The number of carbonyl (C=O) groups is 1. The molecule has 1 heterocycles. The van der Waals surface area contributed by atoms with Crippen molar-refractivity contribution in [3.05, 3.63) is 71.6 Å². The number of nitrogens with one attached hydrogen (secondary N) is 1. The highest BCUT2D eigenvalue weighted by atomic mass is 16.5. The minimum Gasteiger partial charge on any atom is -0.346 e. The van der Waals surface area contributed by atoms with Crippen LogP contribution in [-0.2, 0) is 16.8 Å². The van der Waals surface area contributed by atoms with E-state index in [0.29, 0.717) is 11.7 Å². The van der Waals surface area contributed by atoms with Crippen molar-refractivity contribution in [2.45, 2.75) is 44.6 Å². The predicted molar refractivity (Wildman–Crippen MR) is 103 cm³/mol. The molecule has 0 saturated heterocycles. The quantitative estimate of drug-likeness (QED) is 0.740. The summed E-state index contributed by atoms with van der Waals surface area (Å²) in [4.78, 5) is 17.5. The maximum Gasteiger partial charge on any atom is 0.246 e. The van der Waals surface area contributed by atoms with Gasteiger partial charge in [-0.25, -0.2) is 0 Å². The number of nitrogens with zero attached hydrogens (tertiary/aromatic N) is 2. The number of aryl methyl sites for hydroxylation is 1. The molecule has 5 heteroatoms.